The van der Waals surface area contributed by atoms with Crippen LogP contribution in [-0.4, -0.2) is 5.11 Å². The molecule has 1 atom stereocenters. The van der Waals surface area contributed by atoms with Gasteiger partial charge in [0.05, 0.1) is 0 Å². The molecule has 0 aromatic heterocycles. The molecule has 0 fully saturated rings. The first-order chi connectivity index (χ1) is 11.2. The number of hydrogen-bond acceptors (Lipinski definition) is 1. The summed E-state index contributed by atoms with van der Waals surface area (Å²) < 4.78 is 0. The van der Waals surface area contributed by atoms with Crippen LogP contribution in [0.2, 0.25) is 0 Å². The average Bonchev–Trinajstić information content (AvgIpc) is 2.59. The van der Waals surface area contributed by atoms with Crippen LogP contribution in [0.5, 0.6) is 5.75 Å². The Morgan fingerprint density at radius 3 is 1.78 bits per heavy atom. The van der Waals surface area contributed by atoms with Gasteiger partial charge in [-0.1, -0.05) is 79.7 Å². The molecule has 1 N–H and O–H groups in total. The zero-order chi connectivity index (χ0) is 16.2. The molecule has 1 unspecified atom stereocenters. The number of benzene rings is 3. The molecule has 3 aromatic rings. The largest absolute Gasteiger partial charge is 0.508 e. The molecule has 3 rings (SSSR count). The number of hydrogen-bond donors (Lipinski definition) is 1. The maximum Gasteiger partial charge on any atom is 0.118 e. The molecule has 1 nitrogen and oxygen atoms in total. The Labute approximate surface area is 139 Å². The monoisotopic (exact) mass is 320 g/mol. The van der Waals surface area contributed by atoms with Gasteiger partial charge in [0.1, 0.15) is 5.75 Å². The van der Waals surface area contributed by atoms with Crippen LogP contribution >= 0.6 is 7.92 Å². The molecule has 0 aliphatic heterocycles. The first kappa shape index (κ1) is 15.8. The van der Waals surface area contributed by atoms with Crippen molar-refractivity contribution in [2.75, 3.05) is 0 Å². The highest BCUT2D eigenvalue weighted by atomic mass is 31.1. The van der Waals surface area contributed by atoms with Crippen LogP contribution < -0.4 is 10.6 Å². The summed E-state index contributed by atoms with van der Waals surface area (Å²) in [6.45, 7) is 4.25. The third kappa shape index (κ3) is 3.46. The molecule has 0 heterocycles. The van der Waals surface area contributed by atoms with Gasteiger partial charge in [0.15, 0.2) is 0 Å². The smallest absolute Gasteiger partial charge is 0.118 e. The van der Waals surface area contributed by atoms with Gasteiger partial charge in [0, 0.05) is 5.66 Å². The van der Waals surface area contributed by atoms with Crippen molar-refractivity contribution in [2.45, 2.75) is 19.5 Å². The van der Waals surface area contributed by atoms with Crippen molar-refractivity contribution >= 4 is 18.5 Å². The lowest BCUT2D eigenvalue weighted by Crippen LogP contribution is -2.15. The van der Waals surface area contributed by atoms with Crippen molar-refractivity contribution in [3.05, 3.63) is 90.0 Å². The second kappa shape index (κ2) is 6.98. The van der Waals surface area contributed by atoms with E-state index in [1.807, 2.05) is 19.1 Å². The lowest BCUT2D eigenvalue weighted by Gasteiger charge is -2.26. The Bertz CT molecular complexity index is 729. The SMILES string of the molecule is Cc1cc(C(C)P(c2ccccc2)c2ccccc2)ccc1O. The summed E-state index contributed by atoms with van der Waals surface area (Å²) in [4.78, 5) is 0. The van der Waals surface area contributed by atoms with E-state index in [0.717, 1.165) is 5.56 Å². The van der Waals surface area contributed by atoms with E-state index in [2.05, 4.69) is 73.7 Å². The molecule has 0 amide bonds. The summed E-state index contributed by atoms with van der Waals surface area (Å²) >= 11 is 0. The molecule has 0 aliphatic rings. The lowest BCUT2D eigenvalue weighted by atomic mass is 10.1. The van der Waals surface area contributed by atoms with Gasteiger partial charge in [0.2, 0.25) is 0 Å². The van der Waals surface area contributed by atoms with E-state index in [9.17, 15) is 5.11 Å². The Morgan fingerprint density at radius 1 is 0.783 bits per heavy atom. The Hall–Kier alpha value is -2.11. The predicted molar refractivity (Wildman–Crippen MR) is 100 cm³/mol. The van der Waals surface area contributed by atoms with E-state index in [1.165, 1.54) is 16.2 Å². The molecule has 0 bridgehead atoms. The summed E-state index contributed by atoms with van der Waals surface area (Å²) in [6, 6.07) is 27.5. The van der Waals surface area contributed by atoms with E-state index in [4.69, 9.17) is 0 Å². The number of rotatable bonds is 4. The normalized spacial score (nSPS) is 12.3. The molecule has 116 valence electrons. The number of aromatic hydroxyl groups is 1. The second-order valence-corrected chi connectivity index (χ2v) is 8.31. The van der Waals surface area contributed by atoms with Crippen molar-refractivity contribution in [1.82, 2.24) is 0 Å². The minimum atomic E-state index is -0.492. The van der Waals surface area contributed by atoms with Crippen molar-refractivity contribution in [2.24, 2.45) is 0 Å². The van der Waals surface area contributed by atoms with Gasteiger partial charge in [-0.05, 0) is 42.6 Å². The summed E-state index contributed by atoms with van der Waals surface area (Å²) in [5.41, 5.74) is 2.60. The summed E-state index contributed by atoms with van der Waals surface area (Å²) in [6.07, 6.45) is 0. The summed E-state index contributed by atoms with van der Waals surface area (Å²) in [5.74, 6) is 0.365. The predicted octanol–water partition coefficient (Wildman–Crippen LogP) is 4.89. The first-order valence-electron chi connectivity index (χ1n) is 7.85. The Morgan fingerprint density at radius 2 is 1.30 bits per heavy atom. The van der Waals surface area contributed by atoms with Crippen LogP contribution in [0.4, 0.5) is 0 Å². The highest BCUT2D eigenvalue weighted by molar-refractivity contribution is 7.73. The van der Waals surface area contributed by atoms with Crippen LogP contribution in [0.25, 0.3) is 0 Å². The van der Waals surface area contributed by atoms with Crippen LogP contribution in [0.3, 0.4) is 0 Å². The molecular formula is C21H21OP. The van der Waals surface area contributed by atoms with Gasteiger partial charge in [-0.25, -0.2) is 0 Å². The highest BCUT2D eigenvalue weighted by Gasteiger charge is 2.22. The van der Waals surface area contributed by atoms with Crippen LogP contribution in [0.1, 0.15) is 23.7 Å². The van der Waals surface area contributed by atoms with E-state index in [0.29, 0.717) is 11.4 Å². The van der Waals surface area contributed by atoms with Crippen LogP contribution in [-0.2, 0) is 0 Å². The third-order valence-electron chi connectivity index (χ3n) is 4.16. The van der Waals surface area contributed by atoms with Crippen molar-refractivity contribution in [1.29, 1.82) is 0 Å². The van der Waals surface area contributed by atoms with Crippen LogP contribution in [0.15, 0.2) is 78.9 Å². The molecule has 0 saturated heterocycles. The van der Waals surface area contributed by atoms with E-state index >= 15 is 0 Å². The molecule has 2 heteroatoms. The van der Waals surface area contributed by atoms with Crippen molar-refractivity contribution in [3.63, 3.8) is 0 Å². The minimum Gasteiger partial charge on any atom is -0.508 e. The summed E-state index contributed by atoms with van der Waals surface area (Å²) in [7, 11) is -0.492. The van der Waals surface area contributed by atoms with Gasteiger partial charge >= 0.3 is 0 Å². The zero-order valence-corrected chi connectivity index (χ0v) is 14.4. The van der Waals surface area contributed by atoms with Gasteiger partial charge in [-0.15, -0.1) is 0 Å². The van der Waals surface area contributed by atoms with Gasteiger partial charge in [0.25, 0.3) is 0 Å². The topological polar surface area (TPSA) is 20.2 Å². The quantitative estimate of drug-likeness (QED) is 0.678. The fourth-order valence-electron chi connectivity index (χ4n) is 2.86. The Balaban J connectivity index is 2.06. The molecule has 23 heavy (non-hydrogen) atoms. The standard InChI is InChI=1S/C21H21OP/c1-16-15-18(13-14-21(16)22)17(2)23(19-9-5-3-6-10-19)20-11-7-4-8-12-20/h3-15,17,22H,1-2H3. The third-order valence-corrected chi connectivity index (χ3v) is 6.94. The van der Waals surface area contributed by atoms with E-state index in [-0.39, 0.29) is 0 Å². The van der Waals surface area contributed by atoms with Crippen molar-refractivity contribution in [3.8, 4) is 5.75 Å². The van der Waals surface area contributed by atoms with E-state index < -0.39 is 7.92 Å². The van der Waals surface area contributed by atoms with Gasteiger partial charge in [-0.2, -0.15) is 0 Å². The molecule has 0 aliphatic carbocycles. The Kier molecular flexibility index (Phi) is 4.79. The maximum atomic E-state index is 9.80. The fourth-order valence-corrected chi connectivity index (χ4v) is 5.50. The molecule has 0 radical (unpaired) electrons. The first-order valence-corrected chi connectivity index (χ1v) is 9.27. The number of aryl methyl sites for hydroxylation is 1. The molecular weight excluding hydrogens is 299 g/mol. The lowest BCUT2D eigenvalue weighted by molar-refractivity contribution is 0.471. The summed E-state index contributed by atoms with van der Waals surface area (Å²) in [5, 5.41) is 12.6. The molecule has 0 spiro atoms. The molecule has 0 saturated carbocycles. The average molecular weight is 320 g/mol. The van der Waals surface area contributed by atoms with E-state index in [1.54, 1.807) is 0 Å². The zero-order valence-electron chi connectivity index (χ0n) is 13.5. The van der Waals surface area contributed by atoms with Crippen molar-refractivity contribution < 1.29 is 5.11 Å². The minimum absolute atomic E-state index is 0.365. The number of phenols is 1. The highest BCUT2D eigenvalue weighted by Crippen LogP contribution is 2.49. The number of phenolic OH excluding ortho intramolecular Hbond substituents is 1. The maximum absolute atomic E-state index is 9.80. The van der Waals surface area contributed by atoms with Crippen LogP contribution in [0, 0.1) is 6.92 Å². The van der Waals surface area contributed by atoms with Gasteiger partial charge in [-0.3, -0.25) is 0 Å². The molecule has 3 aromatic carbocycles. The van der Waals surface area contributed by atoms with Gasteiger partial charge < -0.3 is 5.11 Å². The second-order valence-electron chi connectivity index (χ2n) is 5.76. The fraction of sp³-hybridized carbons (Fsp3) is 0.143.